The molecule has 2 rings (SSSR count). The molecule has 1 unspecified atom stereocenters. The number of nitrogens with zero attached hydrogens (tertiary/aromatic N) is 2. The van der Waals surface area contributed by atoms with E-state index in [0.29, 0.717) is 23.8 Å². The lowest BCUT2D eigenvalue weighted by Crippen LogP contribution is -2.11. The quantitative estimate of drug-likeness (QED) is 0.883. The molecule has 90 valence electrons. The summed E-state index contributed by atoms with van der Waals surface area (Å²) in [5.41, 5.74) is 6.20. The van der Waals surface area contributed by atoms with Gasteiger partial charge in [0, 0.05) is 12.1 Å². The van der Waals surface area contributed by atoms with Gasteiger partial charge >= 0.3 is 0 Å². The number of hydrogen-bond donors (Lipinski definition) is 1. The zero-order valence-corrected chi connectivity index (χ0v) is 9.56. The van der Waals surface area contributed by atoms with Gasteiger partial charge in [-0.05, 0) is 18.6 Å². The molecular weight excluding hydrogens is 221 g/mol. The molecule has 0 radical (unpaired) electrons. The van der Waals surface area contributed by atoms with E-state index in [1.807, 2.05) is 6.92 Å². The maximum atomic E-state index is 13.0. The summed E-state index contributed by atoms with van der Waals surface area (Å²) in [6.45, 7) is 2.46. The molecule has 2 aromatic rings. The van der Waals surface area contributed by atoms with Gasteiger partial charge in [-0.2, -0.15) is 4.98 Å². The molecule has 17 heavy (non-hydrogen) atoms. The molecule has 1 atom stereocenters. The normalized spacial score (nSPS) is 12.6. The predicted octanol–water partition coefficient (Wildman–Crippen LogP) is 2.33. The molecule has 0 saturated heterocycles. The highest BCUT2D eigenvalue weighted by atomic mass is 19.1. The molecule has 0 saturated carbocycles. The molecule has 0 spiro atoms. The predicted molar refractivity (Wildman–Crippen MR) is 61.8 cm³/mol. The van der Waals surface area contributed by atoms with Crippen LogP contribution in [-0.4, -0.2) is 16.7 Å². The Balaban J connectivity index is 2.29. The first-order valence-corrected chi connectivity index (χ1v) is 5.54. The van der Waals surface area contributed by atoms with Crippen LogP contribution in [0.15, 0.2) is 28.8 Å². The minimum absolute atomic E-state index is 0.0600. The van der Waals surface area contributed by atoms with Crippen LogP contribution in [0.25, 0.3) is 11.4 Å². The van der Waals surface area contributed by atoms with Crippen molar-refractivity contribution in [2.45, 2.75) is 19.3 Å². The lowest BCUT2D eigenvalue weighted by molar-refractivity contribution is 0.351. The average Bonchev–Trinajstić information content (AvgIpc) is 2.80. The highest BCUT2D eigenvalue weighted by Crippen LogP contribution is 2.21. The lowest BCUT2D eigenvalue weighted by atomic mass is 10.1. The Morgan fingerprint density at radius 2 is 2.29 bits per heavy atom. The van der Waals surface area contributed by atoms with Gasteiger partial charge in [0.1, 0.15) is 5.82 Å². The van der Waals surface area contributed by atoms with Gasteiger partial charge in [0.25, 0.3) is 0 Å². The molecule has 5 heteroatoms. The molecule has 4 nitrogen and oxygen atoms in total. The summed E-state index contributed by atoms with van der Waals surface area (Å²) in [5.74, 6) is 0.644. The fraction of sp³-hybridized carbons (Fsp3) is 0.333. The topological polar surface area (TPSA) is 64.9 Å². The Morgan fingerprint density at radius 1 is 1.47 bits per heavy atom. The summed E-state index contributed by atoms with van der Waals surface area (Å²) >= 11 is 0. The van der Waals surface area contributed by atoms with Crippen molar-refractivity contribution in [3.63, 3.8) is 0 Å². The number of aromatic nitrogens is 2. The van der Waals surface area contributed by atoms with Crippen molar-refractivity contribution >= 4 is 0 Å². The van der Waals surface area contributed by atoms with E-state index in [4.69, 9.17) is 10.3 Å². The highest BCUT2D eigenvalue weighted by molar-refractivity contribution is 5.53. The molecule has 0 bridgehead atoms. The SMILES string of the molecule is CCC(CN)c1nc(-c2cccc(F)c2)no1. The number of nitrogens with two attached hydrogens (primary N) is 1. The third-order valence-corrected chi connectivity index (χ3v) is 2.65. The van der Waals surface area contributed by atoms with E-state index in [-0.39, 0.29) is 11.7 Å². The molecule has 0 aliphatic heterocycles. The smallest absolute Gasteiger partial charge is 0.231 e. The summed E-state index contributed by atoms with van der Waals surface area (Å²) in [5, 5.41) is 3.84. The summed E-state index contributed by atoms with van der Waals surface area (Å²) in [6.07, 6.45) is 0.835. The monoisotopic (exact) mass is 235 g/mol. The second kappa shape index (κ2) is 5.05. The first-order valence-electron chi connectivity index (χ1n) is 5.54. The van der Waals surface area contributed by atoms with Crippen LogP contribution in [0.1, 0.15) is 25.2 Å². The summed E-state index contributed by atoms with van der Waals surface area (Å²) < 4.78 is 18.2. The molecule has 0 amide bonds. The van der Waals surface area contributed by atoms with Crippen LogP contribution in [-0.2, 0) is 0 Å². The second-order valence-corrected chi connectivity index (χ2v) is 3.81. The van der Waals surface area contributed by atoms with Crippen LogP contribution < -0.4 is 5.73 Å². The minimum atomic E-state index is -0.320. The lowest BCUT2D eigenvalue weighted by Gasteiger charge is -2.04. The number of rotatable bonds is 4. The van der Waals surface area contributed by atoms with Gasteiger partial charge in [-0.1, -0.05) is 24.2 Å². The zero-order valence-electron chi connectivity index (χ0n) is 9.56. The summed E-state index contributed by atoms with van der Waals surface area (Å²) in [4.78, 5) is 4.24. The van der Waals surface area contributed by atoms with Crippen LogP contribution in [0.5, 0.6) is 0 Å². The first-order chi connectivity index (χ1) is 8.24. The van der Waals surface area contributed by atoms with E-state index >= 15 is 0 Å². The maximum Gasteiger partial charge on any atom is 0.231 e. The van der Waals surface area contributed by atoms with Crippen LogP contribution in [0, 0.1) is 5.82 Å². The number of benzene rings is 1. The molecule has 1 heterocycles. The van der Waals surface area contributed by atoms with Gasteiger partial charge in [0.05, 0.1) is 5.92 Å². The van der Waals surface area contributed by atoms with Crippen LogP contribution in [0.2, 0.25) is 0 Å². The zero-order chi connectivity index (χ0) is 12.3. The number of hydrogen-bond acceptors (Lipinski definition) is 4. The van der Waals surface area contributed by atoms with E-state index < -0.39 is 0 Å². The Labute approximate surface area is 98.6 Å². The van der Waals surface area contributed by atoms with Gasteiger partial charge in [-0.25, -0.2) is 4.39 Å². The van der Waals surface area contributed by atoms with Gasteiger partial charge < -0.3 is 10.3 Å². The van der Waals surface area contributed by atoms with Crippen molar-refractivity contribution < 1.29 is 8.91 Å². The number of halogens is 1. The standard InChI is InChI=1S/C12H14FN3O/c1-2-8(7-14)12-15-11(16-17-12)9-4-3-5-10(13)6-9/h3-6,8H,2,7,14H2,1H3. The molecule has 0 aliphatic rings. The Bertz CT molecular complexity index is 494. The highest BCUT2D eigenvalue weighted by Gasteiger charge is 2.16. The van der Waals surface area contributed by atoms with E-state index in [1.54, 1.807) is 12.1 Å². The fourth-order valence-corrected chi connectivity index (χ4v) is 1.59. The maximum absolute atomic E-state index is 13.0. The Kier molecular flexibility index (Phi) is 3.49. The van der Waals surface area contributed by atoms with Crippen molar-refractivity contribution in [3.8, 4) is 11.4 Å². The van der Waals surface area contributed by atoms with Crippen molar-refractivity contribution in [3.05, 3.63) is 36.0 Å². The molecule has 0 fully saturated rings. The Morgan fingerprint density at radius 3 is 2.94 bits per heavy atom. The molecule has 0 aliphatic carbocycles. The molecular formula is C12H14FN3O. The van der Waals surface area contributed by atoms with Gasteiger partial charge in [-0.15, -0.1) is 0 Å². The van der Waals surface area contributed by atoms with E-state index in [9.17, 15) is 4.39 Å². The summed E-state index contributed by atoms with van der Waals surface area (Å²) in [7, 11) is 0. The van der Waals surface area contributed by atoms with Crippen LogP contribution in [0.4, 0.5) is 4.39 Å². The van der Waals surface area contributed by atoms with Crippen molar-refractivity contribution in [1.29, 1.82) is 0 Å². The third kappa shape index (κ3) is 2.50. The van der Waals surface area contributed by atoms with E-state index in [0.717, 1.165) is 6.42 Å². The van der Waals surface area contributed by atoms with E-state index in [1.165, 1.54) is 12.1 Å². The van der Waals surface area contributed by atoms with Gasteiger partial charge in [0.2, 0.25) is 11.7 Å². The molecule has 1 aromatic heterocycles. The van der Waals surface area contributed by atoms with E-state index in [2.05, 4.69) is 10.1 Å². The summed E-state index contributed by atoms with van der Waals surface area (Å²) in [6, 6.07) is 6.10. The van der Waals surface area contributed by atoms with Crippen molar-refractivity contribution in [2.75, 3.05) is 6.54 Å². The Hall–Kier alpha value is -1.75. The minimum Gasteiger partial charge on any atom is -0.339 e. The van der Waals surface area contributed by atoms with Gasteiger partial charge in [-0.3, -0.25) is 0 Å². The second-order valence-electron chi connectivity index (χ2n) is 3.81. The average molecular weight is 235 g/mol. The van der Waals surface area contributed by atoms with Crippen molar-refractivity contribution in [1.82, 2.24) is 10.1 Å². The van der Waals surface area contributed by atoms with Gasteiger partial charge in [0.15, 0.2) is 0 Å². The fourth-order valence-electron chi connectivity index (χ4n) is 1.59. The third-order valence-electron chi connectivity index (χ3n) is 2.65. The van der Waals surface area contributed by atoms with Crippen molar-refractivity contribution in [2.24, 2.45) is 5.73 Å². The molecule has 1 aromatic carbocycles. The van der Waals surface area contributed by atoms with Crippen LogP contribution >= 0.6 is 0 Å². The molecule has 2 N–H and O–H groups in total. The first kappa shape index (κ1) is 11.7. The van der Waals surface area contributed by atoms with Crippen LogP contribution in [0.3, 0.4) is 0 Å². The largest absolute Gasteiger partial charge is 0.339 e.